The quantitative estimate of drug-likeness (QED) is 0.609. The second-order valence-electron chi connectivity index (χ2n) is 8.14. The monoisotopic (exact) mass is 408 g/mol. The normalized spacial score (nSPS) is 11.2. The van der Waals surface area contributed by atoms with Crippen LogP contribution in [0.3, 0.4) is 0 Å². The standard InChI is InChI=1S/C24H32N4O2/c1-8-11-27(6)21-13-18(9-10-22(21)30-7)28-23(25-26-24(28)29)20-14-19(15(2)3)16(4)12-17(20)5/h9-10,12-15H,8,11H2,1-7H3,(H,26,29). The molecular weight excluding hydrogens is 376 g/mol. The summed E-state index contributed by atoms with van der Waals surface area (Å²) < 4.78 is 7.20. The van der Waals surface area contributed by atoms with Crippen LogP contribution in [0.4, 0.5) is 5.69 Å². The summed E-state index contributed by atoms with van der Waals surface area (Å²) in [5.74, 6) is 1.79. The van der Waals surface area contributed by atoms with Gasteiger partial charge in [0, 0.05) is 19.2 Å². The first kappa shape index (κ1) is 21.7. The zero-order valence-corrected chi connectivity index (χ0v) is 19.0. The van der Waals surface area contributed by atoms with Gasteiger partial charge in [0.15, 0.2) is 5.82 Å². The molecule has 0 aliphatic rings. The Morgan fingerprint density at radius 3 is 2.53 bits per heavy atom. The summed E-state index contributed by atoms with van der Waals surface area (Å²) >= 11 is 0. The molecule has 0 radical (unpaired) electrons. The van der Waals surface area contributed by atoms with Gasteiger partial charge < -0.3 is 9.64 Å². The molecule has 1 N–H and O–H groups in total. The van der Waals surface area contributed by atoms with Crippen LogP contribution in [0.1, 0.15) is 49.8 Å². The van der Waals surface area contributed by atoms with E-state index in [4.69, 9.17) is 4.74 Å². The molecular formula is C24H32N4O2. The van der Waals surface area contributed by atoms with Gasteiger partial charge in [-0.1, -0.05) is 26.8 Å². The molecule has 0 unspecified atom stereocenters. The Morgan fingerprint density at radius 2 is 1.90 bits per heavy atom. The Hall–Kier alpha value is -3.02. The Kier molecular flexibility index (Phi) is 6.34. The fraction of sp³-hybridized carbons (Fsp3) is 0.417. The minimum atomic E-state index is -0.259. The van der Waals surface area contributed by atoms with Crippen molar-refractivity contribution in [3.8, 4) is 22.8 Å². The number of ether oxygens (including phenoxy) is 1. The van der Waals surface area contributed by atoms with Gasteiger partial charge in [0.25, 0.3) is 0 Å². The number of H-pyrrole nitrogens is 1. The first-order valence-electron chi connectivity index (χ1n) is 10.5. The van der Waals surface area contributed by atoms with Crippen LogP contribution < -0.4 is 15.3 Å². The van der Waals surface area contributed by atoms with Gasteiger partial charge in [0.2, 0.25) is 0 Å². The number of hydrogen-bond acceptors (Lipinski definition) is 4. The van der Waals surface area contributed by atoms with Gasteiger partial charge >= 0.3 is 5.69 Å². The SMILES string of the molecule is CCCN(C)c1cc(-n2c(-c3cc(C(C)C)c(C)cc3C)n[nH]c2=O)ccc1OC. The highest BCUT2D eigenvalue weighted by Crippen LogP contribution is 2.33. The van der Waals surface area contributed by atoms with E-state index in [9.17, 15) is 4.79 Å². The van der Waals surface area contributed by atoms with E-state index in [1.807, 2.05) is 25.2 Å². The van der Waals surface area contributed by atoms with Crippen molar-refractivity contribution in [2.75, 3.05) is 25.6 Å². The first-order valence-corrected chi connectivity index (χ1v) is 10.5. The zero-order chi connectivity index (χ0) is 22.0. The summed E-state index contributed by atoms with van der Waals surface area (Å²) in [6.45, 7) is 11.6. The average molecular weight is 409 g/mol. The van der Waals surface area contributed by atoms with Crippen molar-refractivity contribution in [2.45, 2.75) is 47.0 Å². The van der Waals surface area contributed by atoms with Crippen molar-refractivity contribution < 1.29 is 4.74 Å². The van der Waals surface area contributed by atoms with Gasteiger partial charge in [-0.25, -0.2) is 14.5 Å². The summed E-state index contributed by atoms with van der Waals surface area (Å²) in [6, 6.07) is 10.1. The lowest BCUT2D eigenvalue weighted by molar-refractivity contribution is 0.414. The number of methoxy groups -OCH3 is 1. The Balaban J connectivity index is 2.20. The van der Waals surface area contributed by atoms with E-state index < -0.39 is 0 Å². The van der Waals surface area contributed by atoms with Crippen LogP contribution in [0, 0.1) is 13.8 Å². The smallest absolute Gasteiger partial charge is 0.348 e. The second kappa shape index (κ2) is 8.78. The Morgan fingerprint density at radius 1 is 1.17 bits per heavy atom. The van der Waals surface area contributed by atoms with Crippen molar-refractivity contribution in [3.05, 3.63) is 57.5 Å². The van der Waals surface area contributed by atoms with Crippen LogP contribution in [0.25, 0.3) is 17.1 Å². The lowest BCUT2D eigenvalue weighted by atomic mass is 9.92. The van der Waals surface area contributed by atoms with Crippen molar-refractivity contribution >= 4 is 5.69 Å². The van der Waals surface area contributed by atoms with Crippen molar-refractivity contribution in [2.24, 2.45) is 0 Å². The maximum Gasteiger partial charge on any atom is 0.348 e. The Bertz CT molecular complexity index is 1100. The number of hydrogen-bond donors (Lipinski definition) is 1. The molecule has 0 bridgehead atoms. The maximum atomic E-state index is 12.8. The van der Waals surface area contributed by atoms with E-state index in [0.717, 1.165) is 41.2 Å². The molecule has 160 valence electrons. The molecule has 0 aliphatic carbocycles. The molecule has 30 heavy (non-hydrogen) atoms. The summed E-state index contributed by atoms with van der Waals surface area (Å²) in [4.78, 5) is 14.9. The van der Waals surface area contributed by atoms with Gasteiger partial charge in [-0.3, -0.25) is 0 Å². The van der Waals surface area contributed by atoms with E-state index in [1.165, 1.54) is 11.1 Å². The predicted molar refractivity (Wildman–Crippen MR) is 123 cm³/mol. The zero-order valence-electron chi connectivity index (χ0n) is 19.0. The minimum absolute atomic E-state index is 0.259. The summed E-state index contributed by atoms with van der Waals surface area (Å²) in [5.41, 5.74) is 6.01. The molecule has 0 aliphatic heterocycles. The van der Waals surface area contributed by atoms with E-state index in [2.05, 4.69) is 61.8 Å². The highest BCUT2D eigenvalue weighted by atomic mass is 16.5. The van der Waals surface area contributed by atoms with Crippen LogP contribution in [-0.2, 0) is 0 Å². The molecule has 3 aromatic rings. The fourth-order valence-corrected chi connectivity index (χ4v) is 4.02. The third-order valence-corrected chi connectivity index (χ3v) is 5.54. The van der Waals surface area contributed by atoms with Gasteiger partial charge in [-0.2, -0.15) is 5.10 Å². The molecule has 2 aromatic carbocycles. The fourth-order valence-electron chi connectivity index (χ4n) is 4.02. The lowest BCUT2D eigenvalue weighted by Gasteiger charge is -2.22. The number of aryl methyl sites for hydroxylation is 2. The Labute approximate surface area is 178 Å². The lowest BCUT2D eigenvalue weighted by Crippen LogP contribution is -2.20. The molecule has 1 heterocycles. The number of benzene rings is 2. The topological polar surface area (TPSA) is 63.2 Å². The third-order valence-electron chi connectivity index (χ3n) is 5.54. The third kappa shape index (κ3) is 3.99. The molecule has 0 atom stereocenters. The van der Waals surface area contributed by atoms with Gasteiger partial charge in [-0.15, -0.1) is 0 Å². The van der Waals surface area contributed by atoms with Crippen LogP contribution in [0.2, 0.25) is 0 Å². The largest absolute Gasteiger partial charge is 0.495 e. The molecule has 1 aromatic heterocycles. The van der Waals surface area contributed by atoms with E-state index in [0.29, 0.717) is 11.7 Å². The summed E-state index contributed by atoms with van der Waals surface area (Å²) in [6.07, 6.45) is 1.02. The number of aromatic nitrogens is 3. The van der Waals surface area contributed by atoms with E-state index in [1.54, 1.807) is 11.7 Å². The average Bonchev–Trinajstić information content (AvgIpc) is 3.08. The number of nitrogens with zero attached hydrogens (tertiary/aromatic N) is 3. The molecule has 0 amide bonds. The number of anilines is 1. The first-order chi connectivity index (χ1) is 14.3. The molecule has 6 nitrogen and oxygen atoms in total. The highest BCUT2D eigenvalue weighted by Gasteiger charge is 2.19. The molecule has 0 spiro atoms. The van der Waals surface area contributed by atoms with Crippen LogP contribution in [0.15, 0.2) is 35.1 Å². The van der Waals surface area contributed by atoms with E-state index in [-0.39, 0.29) is 5.69 Å². The van der Waals surface area contributed by atoms with Crippen molar-refractivity contribution in [1.29, 1.82) is 0 Å². The van der Waals surface area contributed by atoms with Crippen LogP contribution >= 0.6 is 0 Å². The number of aromatic amines is 1. The van der Waals surface area contributed by atoms with Crippen LogP contribution in [0.5, 0.6) is 5.75 Å². The van der Waals surface area contributed by atoms with Crippen molar-refractivity contribution in [1.82, 2.24) is 14.8 Å². The summed E-state index contributed by atoms with van der Waals surface area (Å²) in [5, 5.41) is 7.03. The maximum absolute atomic E-state index is 12.8. The molecule has 3 rings (SSSR count). The van der Waals surface area contributed by atoms with Gasteiger partial charge in [-0.05, 0) is 67.1 Å². The minimum Gasteiger partial charge on any atom is -0.495 e. The number of rotatable bonds is 7. The van der Waals surface area contributed by atoms with Crippen LogP contribution in [-0.4, -0.2) is 35.5 Å². The second-order valence-corrected chi connectivity index (χ2v) is 8.14. The summed E-state index contributed by atoms with van der Waals surface area (Å²) in [7, 11) is 3.69. The van der Waals surface area contributed by atoms with E-state index >= 15 is 0 Å². The molecule has 0 saturated heterocycles. The van der Waals surface area contributed by atoms with Gasteiger partial charge in [0.05, 0.1) is 18.5 Å². The molecule has 0 fully saturated rings. The molecule has 0 saturated carbocycles. The molecule has 6 heteroatoms. The van der Waals surface area contributed by atoms with Crippen molar-refractivity contribution in [3.63, 3.8) is 0 Å². The van der Waals surface area contributed by atoms with Gasteiger partial charge in [0.1, 0.15) is 5.75 Å². The highest BCUT2D eigenvalue weighted by molar-refractivity contribution is 5.68. The number of nitrogens with one attached hydrogen (secondary N) is 1. The predicted octanol–water partition coefficient (Wildman–Crippen LogP) is 4.82.